The molecule has 0 heterocycles. The number of carbonyl (C=O) groups excluding carboxylic acids is 3. The van der Waals surface area contributed by atoms with Crippen LogP contribution in [0.5, 0.6) is 0 Å². The fraction of sp³-hybridized carbons (Fsp3) is 0.211. The first kappa shape index (κ1) is 19.9. The van der Waals surface area contributed by atoms with E-state index in [1.165, 1.54) is 4.90 Å². The summed E-state index contributed by atoms with van der Waals surface area (Å²) in [4.78, 5) is 37.3. The molecule has 0 fully saturated rings. The van der Waals surface area contributed by atoms with Crippen LogP contribution in [-0.4, -0.2) is 43.3 Å². The highest BCUT2D eigenvalue weighted by Gasteiger charge is 2.11. The van der Waals surface area contributed by atoms with Crippen molar-refractivity contribution in [3.63, 3.8) is 0 Å². The zero-order valence-electron chi connectivity index (χ0n) is 14.6. The summed E-state index contributed by atoms with van der Waals surface area (Å²) in [7, 11) is 3.42. The first-order valence-electron chi connectivity index (χ1n) is 7.98. The summed E-state index contributed by atoms with van der Waals surface area (Å²) in [5.74, 6) is -0.593. The lowest BCUT2D eigenvalue weighted by molar-refractivity contribution is -0.128. The molecule has 26 heavy (non-hydrogen) atoms. The van der Waals surface area contributed by atoms with Gasteiger partial charge in [0.15, 0.2) is 0 Å². The number of rotatable bonds is 6. The summed E-state index contributed by atoms with van der Waals surface area (Å²) in [5.41, 5.74) is 2.02. The first-order valence-corrected chi connectivity index (χ1v) is 9.06. The van der Waals surface area contributed by atoms with Gasteiger partial charge in [-0.3, -0.25) is 14.4 Å². The summed E-state index contributed by atoms with van der Waals surface area (Å²) in [6.45, 7) is -0.120. The normalized spacial score (nSPS) is 10.1. The predicted molar refractivity (Wildman–Crippen MR) is 109 cm³/mol. The summed E-state index contributed by atoms with van der Waals surface area (Å²) < 4.78 is 0.825. The van der Waals surface area contributed by atoms with Crippen molar-refractivity contribution >= 4 is 46.0 Å². The molecule has 0 radical (unpaired) electrons. The molecular formula is C19H20IN3O3. The molecule has 2 rings (SSSR count). The molecule has 2 N–H and O–H groups in total. The number of hydrogen-bond acceptors (Lipinski definition) is 3. The smallest absolute Gasteiger partial charge is 0.252 e. The summed E-state index contributed by atoms with van der Waals surface area (Å²) in [6, 6.07) is 14.2. The molecule has 0 aliphatic carbocycles. The number of likely N-dealkylation sites (N-methyl/N-ethyl adjacent to an activating group) is 1. The third-order valence-electron chi connectivity index (χ3n) is 3.62. The first-order chi connectivity index (χ1) is 12.4. The second-order valence-electron chi connectivity index (χ2n) is 5.87. The summed E-state index contributed by atoms with van der Waals surface area (Å²) in [5, 5.41) is 5.32. The Kier molecular flexibility index (Phi) is 7.14. The number of nitrogens with zero attached hydrogens (tertiary/aromatic N) is 1. The van der Waals surface area contributed by atoms with Gasteiger partial charge in [0.05, 0.1) is 18.5 Å². The van der Waals surface area contributed by atoms with Crippen molar-refractivity contribution in [2.75, 3.05) is 26.0 Å². The molecule has 3 amide bonds. The summed E-state index contributed by atoms with van der Waals surface area (Å²) in [6.07, 6.45) is 0.312. The lowest BCUT2D eigenvalue weighted by Gasteiger charge is -2.11. The van der Waals surface area contributed by atoms with E-state index in [2.05, 4.69) is 33.2 Å². The SMILES string of the molecule is CN(C)C(=O)Cc1ccc(NC(=O)CNC(=O)c2ccccc2I)cc1. The van der Waals surface area contributed by atoms with Crippen LogP contribution in [0.1, 0.15) is 15.9 Å². The van der Waals surface area contributed by atoms with Crippen molar-refractivity contribution in [3.8, 4) is 0 Å². The molecule has 0 unspecified atom stereocenters. The minimum atomic E-state index is -0.318. The van der Waals surface area contributed by atoms with Crippen LogP contribution in [0.25, 0.3) is 0 Å². The molecular weight excluding hydrogens is 445 g/mol. The summed E-state index contributed by atoms with van der Waals surface area (Å²) >= 11 is 2.08. The number of anilines is 1. The topological polar surface area (TPSA) is 78.5 Å². The highest BCUT2D eigenvalue weighted by molar-refractivity contribution is 14.1. The van der Waals surface area contributed by atoms with Gasteiger partial charge in [0.25, 0.3) is 5.91 Å². The molecule has 0 spiro atoms. The third kappa shape index (κ3) is 5.83. The standard InChI is InChI=1S/C19H20IN3O3/c1-23(2)18(25)11-13-7-9-14(10-8-13)22-17(24)12-21-19(26)15-5-3-4-6-16(15)20/h3-10H,11-12H2,1-2H3,(H,21,26)(H,22,24). The van der Waals surface area contributed by atoms with Crippen LogP contribution in [0.2, 0.25) is 0 Å². The molecule has 0 aromatic heterocycles. The zero-order valence-corrected chi connectivity index (χ0v) is 16.7. The third-order valence-corrected chi connectivity index (χ3v) is 4.56. The van der Waals surface area contributed by atoms with Gasteiger partial charge in [-0.2, -0.15) is 0 Å². The van der Waals surface area contributed by atoms with Crippen LogP contribution in [0, 0.1) is 3.57 Å². The van der Waals surface area contributed by atoms with Gasteiger partial charge in [0, 0.05) is 23.4 Å². The maximum Gasteiger partial charge on any atom is 0.252 e. The van der Waals surface area contributed by atoms with E-state index in [9.17, 15) is 14.4 Å². The molecule has 0 aliphatic heterocycles. The zero-order chi connectivity index (χ0) is 19.1. The highest BCUT2D eigenvalue weighted by Crippen LogP contribution is 2.12. The molecule has 0 atom stereocenters. The quantitative estimate of drug-likeness (QED) is 0.643. The molecule has 6 nitrogen and oxygen atoms in total. The Morgan fingerprint density at radius 3 is 2.27 bits per heavy atom. The van der Waals surface area contributed by atoms with Crippen molar-refractivity contribution in [1.29, 1.82) is 0 Å². The predicted octanol–water partition coefficient (Wildman–Crippen LogP) is 2.29. The molecule has 7 heteroatoms. The van der Waals surface area contributed by atoms with E-state index in [-0.39, 0.29) is 24.3 Å². The Hall–Kier alpha value is -2.42. The van der Waals surface area contributed by atoms with Crippen LogP contribution >= 0.6 is 22.6 Å². The van der Waals surface area contributed by atoms with Crippen LogP contribution < -0.4 is 10.6 Å². The Balaban J connectivity index is 1.85. The van der Waals surface area contributed by atoms with Crippen molar-refractivity contribution in [2.45, 2.75) is 6.42 Å². The van der Waals surface area contributed by atoms with Crippen LogP contribution in [-0.2, 0) is 16.0 Å². The van der Waals surface area contributed by atoms with E-state index >= 15 is 0 Å². The Morgan fingerprint density at radius 2 is 1.65 bits per heavy atom. The van der Waals surface area contributed by atoms with Gasteiger partial charge in [-0.05, 0) is 52.4 Å². The monoisotopic (exact) mass is 465 g/mol. The number of carbonyl (C=O) groups is 3. The van der Waals surface area contributed by atoms with Gasteiger partial charge in [-0.15, -0.1) is 0 Å². The molecule has 0 aliphatic rings. The van der Waals surface area contributed by atoms with Gasteiger partial charge in [0.2, 0.25) is 11.8 Å². The molecule has 0 bridgehead atoms. The molecule has 2 aromatic rings. The van der Waals surface area contributed by atoms with Crippen LogP contribution in [0.3, 0.4) is 0 Å². The minimum absolute atomic E-state index is 0.0139. The second-order valence-corrected chi connectivity index (χ2v) is 7.03. The van der Waals surface area contributed by atoms with Crippen LogP contribution in [0.15, 0.2) is 48.5 Å². The Labute approximate surface area is 166 Å². The van der Waals surface area contributed by atoms with Gasteiger partial charge in [-0.25, -0.2) is 0 Å². The fourth-order valence-corrected chi connectivity index (χ4v) is 2.78. The maximum atomic E-state index is 12.1. The molecule has 0 saturated heterocycles. The number of amides is 3. The van der Waals surface area contributed by atoms with E-state index < -0.39 is 0 Å². The van der Waals surface area contributed by atoms with Crippen molar-refractivity contribution in [3.05, 3.63) is 63.2 Å². The highest BCUT2D eigenvalue weighted by atomic mass is 127. The van der Waals surface area contributed by atoms with Crippen molar-refractivity contribution in [2.24, 2.45) is 0 Å². The fourth-order valence-electron chi connectivity index (χ4n) is 2.14. The van der Waals surface area contributed by atoms with Gasteiger partial charge < -0.3 is 15.5 Å². The number of hydrogen-bond donors (Lipinski definition) is 2. The average Bonchev–Trinajstić information content (AvgIpc) is 2.61. The van der Waals surface area contributed by atoms with Crippen molar-refractivity contribution in [1.82, 2.24) is 10.2 Å². The van der Waals surface area contributed by atoms with Crippen molar-refractivity contribution < 1.29 is 14.4 Å². The van der Waals surface area contributed by atoms with Gasteiger partial charge in [0.1, 0.15) is 0 Å². The van der Waals surface area contributed by atoms with E-state index in [0.717, 1.165) is 9.13 Å². The lowest BCUT2D eigenvalue weighted by atomic mass is 10.1. The van der Waals surface area contributed by atoms with Gasteiger partial charge >= 0.3 is 0 Å². The van der Waals surface area contributed by atoms with E-state index in [0.29, 0.717) is 17.7 Å². The van der Waals surface area contributed by atoms with Crippen LogP contribution in [0.4, 0.5) is 5.69 Å². The number of nitrogens with one attached hydrogen (secondary N) is 2. The number of halogens is 1. The maximum absolute atomic E-state index is 12.1. The van der Waals surface area contributed by atoms with E-state index in [4.69, 9.17) is 0 Å². The lowest BCUT2D eigenvalue weighted by Crippen LogP contribution is -2.33. The van der Waals surface area contributed by atoms with E-state index in [1.54, 1.807) is 50.5 Å². The number of benzene rings is 2. The largest absolute Gasteiger partial charge is 0.349 e. The van der Waals surface area contributed by atoms with Gasteiger partial charge in [-0.1, -0.05) is 24.3 Å². The minimum Gasteiger partial charge on any atom is -0.349 e. The molecule has 136 valence electrons. The second kappa shape index (κ2) is 9.33. The molecule has 2 aromatic carbocycles. The van der Waals surface area contributed by atoms with E-state index in [1.807, 2.05) is 12.1 Å². The Bertz CT molecular complexity index is 804. The molecule has 0 saturated carbocycles. The Morgan fingerprint density at radius 1 is 1.00 bits per heavy atom. The average molecular weight is 465 g/mol.